The lowest BCUT2D eigenvalue weighted by Crippen LogP contribution is -1.97. The molecule has 1 heterocycles. The Bertz CT molecular complexity index is 573. The van der Waals surface area contributed by atoms with E-state index in [0.29, 0.717) is 5.56 Å². The molecule has 17 heavy (non-hydrogen) atoms. The van der Waals surface area contributed by atoms with Crippen LogP contribution in [0.5, 0.6) is 0 Å². The van der Waals surface area contributed by atoms with Gasteiger partial charge < -0.3 is 4.74 Å². The Morgan fingerprint density at radius 3 is 2.53 bits per heavy atom. The summed E-state index contributed by atoms with van der Waals surface area (Å²) < 4.78 is 5.25. The highest BCUT2D eigenvalue weighted by atomic mass is 16.5. The van der Waals surface area contributed by atoms with Gasteiger partial charge in [0.25, 0.3) is 0 Å². The summed E-state index contributed by atoms with van der Waals surface area (Å²) in [7, 11) is 0. The summed E-state index contributed by atoms with van der Waals surface area (Å²) >= 11 is 0. The molecular weight excluding hydrogens is 212 g/mol. The topological polar surface area (TPSA) is 26.3 Å². The molecule has 0 saturated heterocycles. The second kappa shape index (κ2) is 3.74. The Morgan fingerprint density at radius 1 is 1.00 bits per heavy atom. The van der Waals surface area contributed by atoms with E-state index in [1.165, 1.54) is 0 Å². The normalized spacial score (nSPS) is 17.7. The van der Waals surface area contributed by atoms with Crippen molar-refractivity contribution in [3.05, 3.63) is 59.7 Å². The van der Waals surface area contributed by atoms with Crippen LogP contribution in [0.15, 0.2) is 48.5 Å². The van der Waals surface area contributed by atoms with Crippen LogP contribution in [-0.4, -0.2) is 5.97 Å². The zero-order valence-electron chi connectivity index (χ0n) is 9.51. The molecule has 0 aromatic heterocycles. The van der Waals surface area contributed by atoms with E-state index in [9.17, 15) is 4.79 Å². The highest BCUT2D eigenvalue weighted by Gasteiger charge is 2.30. The van der Waals surface area contributed by atoms with Crippen molar-refractivity contribution in [2.45, 2.75) is 13.0 Å². The number of esters is 1. The number of hydrogen-bond donors (Lipinski definition) is 0. The first-order chi connectivity index (χ1) is 8.27. The predicted molar refractivity (Wildman–Crippen MR) is 65.7 cm³/mol. The van der Waals surface area contributed by atoms with Crippen LogP contribution >= 0.6 is 0 Å². The number of fused-ring (bicyclic) bond motifs is 1. The molecule has 1 aliphatic heterocycles. The predicted octanol–water partition coefficient (Wildman–Crippen LogP) is 3.59. The van der Waals surface area contributed by atoms with Gasteiger partial charge >= 0.3 is 5.97 Å². The van der Waals surface area contributed by atoms with E-state index in [-0.39, 0.29) is 12.1 Å². The molecule has 0 N–H and O–H groups in total. The van der Waals surface area contributed by atoms with Gasteiger partial charge in [0.05, 0.1) is 5.56 Å². The number of cyclic esters (lactones) is 1. The van der Waals surface area contributed by atoms with Crippen molar-refractivity contribution in [3.8, 4) is 11.1 Å². The number of carbonyl (C=O) groups is 1. The molecule has 0 saturated carbocycles. The van der Waals surface area contributed by atoms with Crippen molar-refractivity contribution >= 4 is 5.97 Å². The van der Waals surface area contributed by atoms with E-state index >= 15 is 0 Å². The fourth-order valence-electron chi connectivity index (χ4n) is 2.28. The van der Waals surface area contributed by atoms with Gasteiger partial charge in [-0.2, -0.15) is 0 Å². The summed E-state index contributed by atoms with van der Waals surface area (Å²) in [6, 6.07) is 15.8. The van der Waals surface area contributed by atoms with Gasteiger partial charge in [0.15, 0.2) is 0 Å². The molecule has 0 amide bonds. The molecule has 0 aliphatic carbocycles. The number of carbonyl (C=O) groups excluding carboxylic acids is 1. The largest absolute Gasteiger partial charge is 0.454 e. The van der Waals surface area contributed by atoms with Gasteiger partial charge in [-0.25, -0.2) is 4.79 Å². The third kappa shape index (κ3) is 1.53. The average molecular weight is 224 g/mol. The monoisotopic (exact) mass is 224 g/mol. The summed E-state index contributed by atoms with van der Waals surface area (Å²) in [6.07, 6.45) is -0.138. The second-order valence-corrected chi connectivity index (χ2v) is 4.18. The quantitative estimate of drug-likeness (QED) is 0.692. The summed E-state index contributed by atoms with van der Waals surface area (Å²) in [6.45, 7) is 1.90. The van der Waals surface area contributed by atoms with Crippen molar-refractivity contribution in [2.24, 2.45) is 0 Å². The number of benzene rings is 2. The maximum Gasteiger partial charge on any atom is 0.339 e. The zero-order valence-corrected chi connectivity index (χ0v) is 9.51. The Morgan fingerprint density at radius 2 is 1.76 bits per heavy atom. The summed E-state index contributed by atoms with van der Waals surface area (Å²) in [5, 5.41) is 0. The molecule has 84 valence electrons. The Hall–Kier alpha value is -2.09. The molecular formula is C15H12O2. The molecule has 1 atom stereocenters. The second-order valence-electron chi connectivity index (χ2n) is 4.18. The lowest BCUT2D eigenvalue weighted by Gasteiger charge is -2.06. The minimum Gasteiger partial charge on any atom is -0.454 e. The van der Waals surface area contributed by atoms with Crippen molar-refractivity contribution in [1.82, 2.24) is 0 Å². The molecule has 0 radical (unpaired) electrons. The molecule has 2 nitrogen and oxygen atoms in total. The van der Waals surface area contributed by atoms with Crippen LogP contribution in [0.25, 0.3) is 11.1 Å². The first-order valence-electron chi connectivity index (χ1n) is 5.66. The van der Waals surface area contributed by atoms with Gasteiger partial charge in [0.1, 0.15) is 6.10 Å². The minimum atomic E-state index is -0.216. The van der Waals surface area contributed by atoms with Crippen LogP contribution in [-0.2, 0) is 4.74 Å². The van der Waals surface area contributed by atoms with Crippen LogP contribution in [0.3, 0.4) is 0 Å². The summed E-state index contributed by atoms with van der Waals surface area (Å²) in [5.74, 6) is -0.216. The van der Waals surface area contributed by atoms with Crippen LogP contribution in [0.1, 0.15) is 28.9 Å². The standard InChI is InChI=1S/C15H12O2/c1-10-12-8-5-9-13(14(12)15(16)17-10)11-6-3-2-4-7-11/h2-10H,1H3/t10-/m1/s1. The van der Waals surface area contributed by atoms with Crippen molar-refractivity contribution in [1.29, 1.82) is 0 Å². The van der Waals surface area contributed by atoms with Crippen molar-refractivity contribution < 1.29 is 9.53 Å². The van der Waals surface area contributed by atoms with E-state index in [4.69, 9.17) is 4.74 Å². The third-order valence-electron chi connectivity index (χ3n) is 3.11. The van der Waals surface area contributed by atoms with Crippen molar-refractivity contribution in [3.63, 3.8) is 0 Å². The van der Waals surface area contributed by atoms with E-state index in [0.717, 1.165) is 16.7 Å². The maximum absolute atomic E-state index is 11.8. The zero-order chi connectivity index (χ0) is 11.8. The number of hydrogen-bond acceptors (Lipinski definition) is 2. The number of rotatable bonds is 1. The lowest BCUT2D eigenvalue weighted by atomic mass is 9.95. The van der Waals surface area contributed by atoms with Gasteiger partial charge in [0, 0.05) is 5.56 Å². The van der Waals surface area contributed by atoms with E-state index < -0.39 is 0 Å². The molecule has 0 unspecified atom stereocenters. The summed E-state index contributed by atoms with van der Waals surface area (Å²) in [4.78, 5) is 11.8. The highest BCUT2D eigenvalue weighted by Crippen LogP contribution is 2.36. The van der Waals surface area contributed by atoms with Gasteiger partial charge in [-0.1, -0.05) is 48.5 Å². The highest BCUT2D eigenvalue weighted by molar-refractivity contribution is 6.01. The Kier molecular flexibility index (Phi) is 2.22. The molecule has 2 aromatic rings. The number of ether oxygens (including phenoxy) is 1. The maximum atomic E-state index is 11.8. The van der Waals surface area contributed by atoms with Gasteiger partial charge in [0.2, 0.25) is 0 Å². The molecule has 3 rings (SSSR count). The van der Waals surface area contributed by atoms with Gasteiger partial charge in [-0.3, -0.25) is 0 Å². The van der Waals surface area contributed by atoms with Crippen molar-refractivity contribution in [2.75, 3.05) is 0 Å². The fraction of sp³-hybridized carbons (Fsp3) is 0.133. The van der Waals surface area contributed by atoms with E-state index in [1.54, 1.807) is 0 Å². The molecule has 2 heteroatoms. The van der Waals surface area contributed by atoms with Crippen LogP contribution in [0, 0.1) is 0 Å². The average Bonchev–Trinajstić information content (AvgIpc) is 2.66. The van der Waals surface area contributed by atoms with Crippen LogP contribution < -0.4 is 0 Å². The molecule has 0 fully saturated rings. The van der Waals surface area contributed by atoms with E-state index in [1.807, 2.05) is 55.5 Å². The first-order valence-corrected chi connectivity index (χ1v) is 5.66. The Balaban J connectivity index is 2.24. The fourth-order valence-corrected chi connectivity index (χ4v) is 2.28. The molecule has 2 aromatic carbocycles. The lowest BCUT2D eigenvalue weighted by molar-refractivity contribution is 0.0422. The van der Waals surface area contributed by atoms with Crippen LogP contribution in [0.2, 0.25) is 0 Å². The van der Waals surface area contributed by atoms with Gasteiger partial charge in [-0.15, -0.1) is 0 Å². The molecule has 1 aliphatic rings. The molecule has 0 bridgehead atoms. The third-order valence-corrected chi connectivity index (χ3v) is 3.11. The van der Waals surface area contributed by atoms with E-state index in [2.05, 4.69) is 0 Å². The van der Waals surface area contributed by atoms with Crippen LogP contribution in [0.4, 0.5) is 0 Å². The Labute approximate surface area is 99.9 Å². The smallest absolute Gasteiger partial charge is 0.339 e. The minimum absolute atomic E-state index is 0.138. The SMILES string of the molecule is C[C@H]1OC(=O)c2c(-c3ccccc3)cccc21. The first kappa shape index (κ1) is 10.1. The van der Waals surface area contributed by atoms with Gasteiger partial charge in [-0.05, 0) is 18.1 Å². The summed E-state index contributed by atoms with van der Waals surface area (Å²) in [5.41, 5.74) is 3.70. The molecule has 0 spiro atoms.